The maximum atomic E-state index is 13.8. The molecule has 0 aromatic heterocycles. The summed E-state index contributed by atoms with van der Waals surface area (Å²) in [5.41, 5.74) is -2.07. The van der Waals surface area contributed by atoms with Gasteiger partial charge >= 0.3 is 18.4 Å². The molecule has 204 valence electrons. The molecule has 5 nitrogen and oxygen atoms in total. The number of hydrogen-bond donors (Lipinski definition) is 0. The first-order valence-corrected chi connectivity index (χ1v) is 11.3. The number of amides is 2. The maximum Gasteiger partial charge on any atom is 0.416 e. The fourth-order valence-electron chi connectivity index (χ4n) is 4.60. The number of aryl methyl sites for hydroxylation is 1. The van der Waals surface area contributed by atoms with E-state index in [1.807, 2.05) is 0 Å². The lowest BCUT2D eigenvalue weighted by molar-refractivity contribution is -0.235. The summed E-state index contributed by atoms with van der Waals surface area (Å²) in [6.07, 6.45) is -9.56. The van der Waals surface area contributed by atoms with E-state index < -0.39 is 53.7 Å². The smallest absolute Gasteiger partial charge is 0.353 e. The first-order chi connectivity index (χ1) is 17.1. The van der Waals surface area contributed by atoms with Crippen LogP contribution in [0.3, 0.4) is 0 Å². The number of likely N-dealkylation sites (tertiary alicyclic amines) is 1. The number of hydrogen-bond acceptors (Lipinski definition) is 3. The quantitative estimate of drug-likeness (QED) is 0.322. The minimum atomic E-state index is -5.00. The van der Waals surface area contributed by atoms with Crippen LogP contribution in [0.15, 0.2) is 36.4 Å². The molecule has 1 atom stereocenters. The highest BCUT2D eigenvalue weighted by molar-refractivity contribution is 5.75. The molecule has 2 aromatic carbocycles. The van der Waals surface area contributed by atoms with Crippen molar-refractivity contribution in [2.45, 2.75) is 50.5 Å². The summed E-state index contributed by atoms with van der Waals surface area (Å²) in [4.78, 5) is 16.0. The summed E-state index contributed by atoms with van der Waals surface area (Å²) in [6.45, 7) is 1.28. The number of rotatable bonds is 5. The van der Waals surface area contributed by atoms with Crippen LogP contribution in [0, 0.1) is 12.7 Å². The second-order valence-electron chi connectivity index (χ2n) is 9.04. The molecular formula is C25H27F7N2O3. The van der Waals surface area contributed by atoms with Crippen molar-refractivity contribution >= 4 is 6.03 Å². The van der Waals surface area contributed by atoms with Crippen LogP contribution in [0.1, 0.15) is 46.7 Å². The third kappa shape index (κ3) is 6.35. The minimum absolute atomic E-state index is 0.0401. The molecule has 1 saturated heterocycles. The van der Waals surface area contributed by atoms with Crippen molar-refractivity contribution in [3.05, 3.63) is 70.0 Å². The molecule has 0 spiro atoms. The van der Waals surface area contributed by atoms with Gasteiger partial charge in [0.15, 0.2) is 5.79 Å². The van der Waals surface area contributed by atoms with Crippen molar-refractivity contribution in [1.82, 2.24) is 9.80 Å². The summed E-state index contributed by atoms with van der Waals surface area (Å²) in [6, 6.07) is 4.02. The van der Waals surface area contributed by atoms with Gasteiger partial charge in [0.05, 0.1) is 17.2 Å². The van der Waals surface area contributed by atoms with Gasteiger partial charge in [-0.05, 0) is 53.9 Å². The molecule has 0 radical (unpaired) electrons. The Labute approximate surface area is 209 Å². The predicted octanol–water partition coefficient (Wildman–Crippen LogP) is 6.55. The van der Waals surface area contributed by atoms with Crippen molar-refractivity contribution in [2.24, 2.45) is 0 Å². The van der Waals surface area contributed by atoms with Crippen molar-refractivity contribution < 1.29 is 45.0 Å². The Balaban J connectivity index is 1.94. The van der Waals surface area contributed by atoms with E-state index in [1.165, 1.54) is 44.4 Å². The largest absolute Gasteiger partial charge is 0.416 e. The standard InChI is InChI=1S/C25H27F7N2O3/c1-15-9-19(26)5-6-20(15)21-13-23(36-3,37-4)7-8-34(21)22(35)33(2)14-16-10-17(24(27,28)29)12-18(11-16)25(30,31)32/h5-6,9-12,21H,7-8,13-14H2,1-4H3. The first-order valence-electron chi connectivity index (χ1n) is 11.3. The molecule has 1 unspecified atom stereocenters. The first kappa shape index (κ1) is 28.7. The monoisotopic (exact) mass is 536 g/mol. The molecule has 37 heavy (non-hydrogen) atoms. The number of carbonyl (C=O) groups is 1. The Morgan fingerprint density at radius 1 is 1.03 bits per heavy atom. The summed E-state index contributed by atoms with van der Waals surface area (Å²) in [5, 5.41) is 0. The molecule has 0 N–H and O–H groups in total. The Kier molecular flexibility index (Phi) is 8.13. The van der Waals surface area contributed by atoms with Gasteiger partial charge < -0.3 is 19.3 Å². The summed E-state index contributed by atoms with van der Waals surface area (Å²) >= 11 is 0. The topological polar surface area (TPSA) is 42.0 Å². The molecule has 1 aliphatic heterocycles. The normalized spacial score (nSPS) is 18.1. The number of alkyl halides is 6. The minimum Gasteiger partial charge on any atom is -0.353 e. The van der Waals surface area contributed by atoms with Gasteiger partial charge in [-0.15, -0.1) is 0 Å². The van der Waals surface area contributed by atoms with E-state index in [9.17, 15) is 35.5 Å². The van der Waals surface area contributed by atoms with Gasteiger partial charge in [0.25, 0.3) is 0 Å². The summed E-state index contributed by atoms with van der Waals surface area (Å²) < 4.78 is 104. The number of carbonyl (C=O) groups excluding carboxylic acids is 1. The second-order valence-corrected chi connectivity index (χ2v) is 9.04. The van der Waals surface area contributed by atoms with Crippen molar-refractivity contribution in [3.63, 3.8) is 0 Å². The van der Waals surface area contributed by atoms with Gasteiger partial charge in [0, 0.05) is 47.2 Å². The SMILES string of the molecule is COC1(OC)CCN(C(=O)N(C)Cc2cc(C(F)(F)F)cc(C(F)(F)F)c2)C(c2ccc(F)cc2C)C1. The number of urea groups is 1. The second kappa shape index (κ2) is 10.5. The van der Waals surface area contributed by atoms with Gasteiger partial charge in [0.2, 0.25) is 0 Å². The van der Waals surface area contributed by atoms with Crippen molar-refractivity contribution in [1.29, 1.82) is 0 Å². The molecule has 3 rings (SSSR count). The summed E-state index contributed by atoms with van der Waals surface area (Å²) in [7, 11) is 4.19. The van der Waals surface area contributed by atoms with Crippen LogP contribution in [-0.4, -0.2) is 49.4 Å². The molecule has 1 fully saturated rings. The highest BCUT2D eigenvalue weighted by Crippen LogP contribution is 2.41. The third-order valence-corrected chi connectivity index (χ3v) is 6.59. The summed E-state index contributed by atoms with van der Waals surface area (Å²) in [5.74, 6) is -1.51. The number of nitrogens with zero attached hydrogens (tertiary/aromatic N) is 2. The van der Waals surface area contributed by atoms with Crippen LogP contribution >= 0.6 is 0 Å². The zero-order valence-electron chi connectivity index (χ0n) is 20.6. The fourth-order valence-corrected chi connectivity index (χ4v) is 4.60. The highest BCUT2D eigenvalue weighted by Gasteiger charge is 2.44. The van der Waals surface area contributed by atoms with Gasteiger partial charge in [-0.25, -0.2) is 9.18 Å². The lowest BCUT2D eigenvalue weighted by atomic mass is 9.88. The zero-order valence-corrected chi connectivity index (χ0v) is 20.6. The van der Waals surface area contributed by atoms with Gasteiger partial charge in [-0.1, -0.05) is 6.07 Å². The van der Waals surface area contributed by atoms with E-state index in [2.05, 4.69) is 0 Å². The third-order valence-electron chi connectivity index (χ3n) is 6.59. The Morgan fingerprint density at radius 3 is 2.08 bits per heavy atom. The highest BCUT2D eigenvalue weighted by atomic mass is 19.4. The van der Waals surface area contributed by atoms with Crippen molar-refractivity contribution in [2.75, 3.05) is 27.8 Å². The van der Waals surface area contributed by atoms with Crippen LogP contribution in [0.5, 0.6) is 0 Å². The van der Waals surface area contributed by atoms with E-state index in [0.29, 0.717) is 23.3 Å². The molecule has 2 amide bonds. The molecule has 0 aliphatic carbocycles. The predicted molar refractivity (Wildman–Crippen MR) is 120 cm³/mol. The molecule has 0 saturated carbocycles. The van der Waals surface area contributed by atoms with E-state index in [1.54, 1.807) is 6.92 Å². The number of methoxy groups -OCH3 is 2. The van der Waals surface area contributed by atoms with E-state index >= 15 is 0 Å². The Morgan fingerprint density at radius 2 is 1.59 bits per heavy atom. The lowest BCUT2D eigenvalue weighted by Gasteiger charge is -2.46. The lowest BCUT2D eigenvalue weighted by Crippen LogP contribution is -2.53. The zero-order chi connectivity index (χ0) is 27.8. The molecule has 12 heteroatoms. The molecule has 1 heterocycles. The van der Waals surface area contributed by atoms with Crippen LogP contribution in [-0.2, 0) is 28.4 Å². The Hall–Kier alpha value is -2.86. The molecule has 2 aromatic rings. The van der Waals surface area contributed by atoms with E-state index in [4.69, 9.17) is 9.47 Å². The van der Waals surface area contributed by atoms with Crippen LogP contribution < -0.4 is 0 Å². The van der Waals surface area contributed by atoms with Gasteiger partial charge in [-0.2, -0.15) is 26.3 Å². The van der Waals surface area contributed by atoms with Crippen molar-refractivity contribution in [3.8, 4) is 0 Å². The number of halogens is 7. The van der Waals surface area contributed by atoms with E-state index in [0.717, 1.165) is 4.90 Å². The molecular weight excluding hydrogens is 509 g/mol. The molecule has 0 bridgehead atoms. The van der Waals surface area contributed by atoms with Gasteiger partial charge in [-0.3, -0.25) is 0 Å². The van der Waals surface area contributed by atoms with Gasteiger partial charge in [0.1, 0.15) is 5.82 Å². The fraction of sp³-hybridized carbons (Fsp3) is 0.480. The van der Waals surface area contributed by atoms with Crippen LogP contribution in [0.4, 0.5) is 35.5 Å². The average molecular weight is 536 g/mol. The molecule has 1 aliphatic rings. The number of benzene rings is 2. The van der Waals surface area contributed by atoms with E-state index in [-0.39, 0.29) is 31.0 Å². The maximum absolute atomic E-state index is 13.8. The van der Waals surface area contributed by atoms with Crippen LogP contribution in [0.25, 0.3) is 0 Å². The average Bonchev–Trinajstić information content (AvgIpc) is 2.82. The Bertz CT molecular complexity index is 1100. The number of piperidine rings is 1. The van der Waals surface area contributed by atoms with Crippen LogP contribution in [0.2, 0.25) is 0 Å². The number of ether oxygens (including phenoxy) is 2.